The van der Waals surface area contributed by atoms with Gasteiger partial charge in [0.15, 0.2) is 0 Å². The Labute approximate surface area is 106 Å². The average Bonchev–Trinajstić information content (AvgIpc) is 2.37. The number of hydrogen-bond donors (Lipinski definition) is 1. The zero-order valence-electron chi connectivity index (χ0n) is 10.5. The number of nitro benzene ring substituents is 1. The maximum atomic E-state index is 10.7. The number of rotatable bonds is 4. The molecule has 3 unspecified atom stereocenters. The highest BCUT2D eigenvalue weighted by Gasteiger charge is 2.51. The summed E-state index contributed by atoms with van der Waals surface area (Å²) in [4.78, 5) is 10.2. The summed E-state index contributed by atoms with van der Waals surface area (Å²) in [7, 11) is 0. The van der Waals surface area contributed by atoms with Gasteiger partial charge in [-0.25, -0.2) is 0 Å². The van der Waals surface area contributed by atoms with Gasteiger partial charge in [-0.3, -0.25) is 10.1 Å². The molecule has 18 heavy (non-hydrogen) atoms. The molecule has 5 nitrogen and oxygen atoms in total. The molecule has 3 atom stereocenters. The number of nitrogens with zero attached hydrogens (tertiary/aromatic N) is 1. The third kappa shape index (κ3) is 2.06. The predicted molar refractivity (Wildman–Crippen MR) is 66.5 cm³/mol. The first-order valence-corrected chi connectivity index (χ1v) is 6.06. The summed E-state index contributed by atoms with van der Waals surface area (Å²) in [5.74, 6) is 0.487. The summed E-state index contributed by atoms with van der Waals surface area (Å²) < 4.78 is 5.75. The predicted octanol–water partition coefficient (Wildman–Crippen LogP) is 2.52. The van der Waals surface area contributed by atoms with Crippen molar-refractivity contribution in [2.75, 3.05) is 0 Å². The number of nitro groups is 1. The van der Waals surface area contributed by atoms with Crippen LogP contribution < -0.4 is 4.74 Å². The fraction of sp³-hybridized carbons (Fsp3) is 0.538. The van der Waals surface area contributed by atoms with E-state index in [0.717, 1.165) is 6.42 Å². The number of benzene rings is 1. The van der Waals surface area contributed by atoms with Crippen molar-refractivity contribution in [2.45, 2.75) is 38.9 Å². The number of aliphatic hydroxyl groups is 1. The molecule has 0 heterocycles. The van der Waals surface area contributed by atoms with E-state index in [-0.39, 0.29) is 23.3 Å². The monoisotopic (exact) mass is 251 g/mol. The molecule has 0 radical (unpaired) electrons. The van der Waals surface area contributed by atoms with E-state index < -0.39 is 4.92 Å². The minimum absolute atomic E-state index is 0.0190. The maximum Gasteiger partial charge on any atom is 0.273 e. The smallest absolute Gasteiger partial charge is 0.273 e. The van der Waals surface area contributed by atoms with E-state index in [0.29, 0.717) is 12.2 Å². The van der Waals surface area contributed by atoms with Crippen molar-refractivity contribution >= 4 is 5.69 Å². The summed E-state index contributed by atoms with van der Waals surface area (Å²) in [6, 6.07) is 6.15. The van der Waals surface area contributed by atoms with E-state index in [2.05, 4.69) is 0 Å². The number of non-ortho nitro benzene ring substituents is 1. The second-order valence-electron chi connectivity index (χ2n) is 4.97. The second kappa shape index (κ2) is 4.57. The minimum Gasteiger partial charge on any atom is -0.489 e. The number of hydrogen-bond acceptors (Lipinski definition) is 4. The molecule has 0 spiro atoms. The zero-order valence-corrected chi connectivity index (χ0v) is 10.5. The van der Waals surface area contributed by atoms with Gasteiger partial charge in [0.2, 0.25) is 0 Å². The Bertz CT molecular complexity index is 462. The normalized spacial score (nSPS) is 30.6. The van der Waals surface area contributed by atoms with Gasteiger partial charge in [-0.15, -0.1) is 0 Å². The van der Waals surface area contributed by atoms with Crippen LogP contribution >= 0.6 is 0 Å². The Morgan fingerprint density at radius 1 is 1.61 bits per heavy atom. The van der Waals surface area contributed by atoms with Gasteiger partial charge in [0.1, 0.15) is 11.9 Å². The van der Waals surface area contributed by atoms with E-state index in [1.807, 2.05) is 13.8 Å². The van der Waals surface area contributed by atoms with Crippen LogP contribution in [0, 0.1) is 15.5 Å². The van der Waals surface area contributed by atoms with Gasteiger partial charge in [-0.05, 0) is 12.5 Å². The van der Waals surface area contributed by atoms with Crippen molar-refractivity contribution in [1.29, 1.82) is 0 Å². The highest BCUT2D eigenvalue weighted by molar-refractivity contribution is 5.38. The lowest BCUT2D eigenvalue weighted by Gasteiger charge is -2.50. The van der Waals surface area contributed by atoms with Gasteiger partial charge in [-0.1, -0.05) is 19.9 Å². The van der Waals surface area contributed by atoms with E-state index in [4.69, 9.17) is 4.74 Å². The quantitative estimate of drug-likeness (QED) is 0.659. The summed E-state index contributed by atoms with van der Waals surface area (Å²) in [6.07, 6.45) is 0.951. The molecule has 0 aromatic heterocycles. The van der Waals surface area contributed by atoms with Gasteiger partial charge in [0, 0.05) is 17.9 Å². The van der Waals surface area contributed by atoms with Crippen LogP contribution in [0.5, 0.6) is 5.75 Å². The Morgan fingerprint density at radius 2 is 2.33 bits per heavy atom. The Kier molecular flexibility index (Phi) is 3.26. The minimum atomic E-state index is -0.443. The molecule has 1 aliphatic carbocycles. The van der Waals surface area contributed by atoms with Gasteiger partial charge >= 0.3 is 0 Å². The Balaban J connectivity index is 2.11. The van der Waals surface area contributed by atoms with Crippen molar-refractivity contribution in [1.82, 2.24) is 0 Å². The van der Waals surface area contributed by atoms with Crippen LogP contribution in [0.3, 0.4) is 0 Å². The Morgan fingerprint density at radius 3 is 2.89 bits per heavy atom. The highest BCUT2D eigenvalue weighted by atomic mass is 16.6. The zero-order chi connectivity index (χ0) is 13.3. The van der Waals surface area contributed by atoms with Crippen LogP contribution in [0.1, 0.15) is 26.7 Å². The number of aliphatic hydroxyl groups excluding tert-OH is 1. The van der Waals surface area contributed by atoms with Crippen LogP contribution in [-0.2, 0) is 0 Å². The molecule has 1 N–H and O–H groups in total. The van der Waals surface area contributed by atoms with Gasteiger partial charge < -0.3 is 9.84 Å². The van der Waals surface area contributed by atoms with E-state index >= 15 is 0 Å². The summed E-state index contributed by atoms with van der Waals surface area (Å²) in [6.45, 7) is 3.98. The SMILES string of the molecule is CCC1(C)C(O)CC1Oc1cccc([N+](=O)[O-])c1. The Hall–Kier alpha value is -1.62. The molecule has 98 valence electrons. The van der Waals surface area contributed by atoms with Gasteiger partial charge in [0.25, 0.3) is 5.69 Å². The molecule has 2 rings (SSSR count). The number of ether oxygens (including phenoxy) is 1. The first kappa shape index (κ1) is 12.8. The second-order valence-corrected chi connectivity index (χ2v) is 4.97. The summed E-state index contributed by atoms with van der Waals surface area (Å²) in [5.41, 5.74) is -0.240. The van der Waals surface area contributed by atoms with Crippen LogP contribution in [0.2, 0.25) is 0 Å². The molecule has 0 amide bonds. The molecular weight excluding hydrogens is 234 g/mol. The largest absolute Gasteiger partial charge is 0.489 e. The van der Waals surface area contributed by atoms with Crippen LogP contribution in [0.4, 0.5) is 5.69 Å². The van der Waals surface area contributed by atoms with E-state index in [1.54, 1.807) is 12.1 Å². The molecule has 1 aromatic carbocycles. The van der Waals surface area contributed by atoms with Crippen LogP contribution in [-0.4, -0.2) is 22.2 Å². The fourth-order valence-corrected chi connectivity index (χ4v) is 2.28. The van der Waals surface area contributed by atoms with Crippen LogP contribution in [0.25, 0.3) is 0 Å². The molecular formula is C13H17NO4. The molecule has 5 heteroatoms. The maximum absolute atomic E-state index is 10.7. The van der Waals surface area contributed by atoms with Gasteiger partial charge in [-0.2, -0.15) is 0 Å². The van der Waals surface area contributed by atoms with Crippen molar-refractivity contribution < 1.29 is 14.8 Å². The molecule has 1 fully saturated rings. The van der Waals surface area contributed by atoms with Crippen molar-refractivity contribution in [3.05, 3.63) is 34.4 Å². The molecule has 1 aliphatic rings. The third-order valence-electron chi connectivity index (χ3n) is 4.00. The lowest BCUT2D eigenvalue weighted by molar-refractivity contribution is -0.385. The first-order chi connectivity index (χ1) is 8.47. The topological polar surface area (TPSA) is 72.6 Å². The standard InChI is InChI=1S/C13H17NO4/c1-3-13(2)11(15)8-12(13)18-10-6-4-5-9(7-10)14(16)17/h4-7,11-12,15H,3,8H2,1-2H3. The van der Waals surface area contributed by atoms with E-state index in [1.165, 1.54) is 12.1 Å². The van der Waals surface area contributed by atoms with Crippen molar-refractivity contribution in [3.63, 3.8) is 0 Å². The summed E-state index contributed by atoms with van der Waals surface area (Å²) >= 11 is 0. The average molecular weight is 251 g/mol. The third-order valence-corrected chi connectivity index (χ3v) is 4.00. The fourth-order valence-electron chi connectivity index (χ4n) is 2.28. The van der Waals surface area contributed by atoms with E-state index in [9.17, 15) is 15.2 Å². The van der Waals surface area contributed by atoms with Gasteiger partial charge in [0.05, 0.1) is 17.1 Å². The molecule has 0 aliphatic heterocycles. The van der Waals surface area contributed by atoms with Crippen molar-refractivity contribution in [3.8, 4) is 5.75 Å². The lowest BCUT2D eigenvalue weighted by atomic mass is 9.63. The van der Waals surface area contributed by atoms with Crippen LogP contribution in [0.15, 0.2) is 24.3 Å². The van der Waals surface area contributed by atoms with Crippen molar-refractivity contribution in [2.24, 2.45) is 5.41 Å². The first-order valence-electron chi connectivity index (χ1n) is 6.06. The molecule has 0 saturated heterocycles. The molecule has 1 aromatic rings. The molecule has 1 saturated carbocycles. The highest BCUT2D eigenvalue weighted by Crippen LogP contribution is 2.46. The summed E-state index contributed by atoms with van der Waals surface area (Å²) in [5, 5.41) is 20.4. The lowest BCUT2D eigenvalue weighted by Crippen LogP contribution is -2.57. The molecule has 0 bridgehead atoms.